The van der Waals surface area contributed by atoms with E-state index in [9.17, 15) is 0 Å². The number of rotatable bonds is 1. The lowest BCUT2D eigenvalue weighted by Gasteiger charge is -2.30. The molecule has 1 N–H and O–H groups in total. The SMILES string of the molecule is COc1ccc2c(c1)CC(N1CCNCC1)=NC=C2. The highest BCUT2D eigenvalue weighted by Crippen LogP contribution is 2.22. The maximum atomic E-state index is 5.31. The molecule has 1 aromatic rings. The summed E-state index contributed by atoms with van der Waals surface area (Å²) in [5.41, 5.74) is 2.51. The van der Waals surface area contributed by atoms with Gasteiger partial charge in [-0.3, -0.25) is 0 Å². The van der Waals surface area contributed by atoms with Crippen LogP contribution < -0.4 is 10.1 Å². The first-order valence-electron chi connectivity index (χ1n) is 6.72. The van der Waals surface area contributed by atoms with Gasteiger partial charge in [-0.1, -0.05) is 6.07 Å². The van der Waals surface area contributed by atoms with Crippen LogP contribution in [0.15, 0.2) is 29.4 Å². The molecule has 2 aliphatic heterocycles. The predicted molar refractivity (Wildman–Crippen MR) is 77.6 cm³/mol. The Morgan fingerprint density at radius 2 is 2.11 bits per heavy atom. The van der Waals surface area contributed by atoms with Gasteiger partial charge in [0.2, 0.25) is 0 Å². The third-order valence-electron chi connectivity index (χ3n) is 3.66. The number of nitrogens with zero attached hydrogens (tertiary/aromatic N) is 2. The summed E-state index contributed by atoms with van der Waals surface area (Å²) in [4.78, 5) is 6.98. The number of nitrogens with one attached hydrogen (secondary N) is 1. The summed E-state index contributed by atoms with van der Waals surface area (Å²) in [6, 6.07) is 6.21. The number of piperazine rings is 1. The number of amidine groups is 1. The zero-order chi connectivity index (χ0) is 13.1. The first-order chi connectivity index (χ1) is 9.36. The van der Waals surface area contributed by atoms with Crippen molar-refractivity contribution in [1.82, 2.24) is 10.2 Å². The van der Waals surface area contributed by atoms with Gasteiger partial charge < -0.3 is 15.0 Å². The van der Waals surface area contributed by atoms with Gasteiger partial charge in [-0.25, -0.2) is 4.99 Å². The molecule has 100 valence electrons. The van der Waals surface area contributed by atoms with Gasteiger partial charge in [0.25, 0.3) is 0 Å². The Labute approximate surface area is 113 Å². The number of hydrogen-bond acceptors (Lipinski definition) is 4. The number of ether oxygens (including phenoxy) is 1. The summed E-state index contributed by atoms with van der Waals surface area (Å²) in [6.07, 6.45) is 4.86. The Morgan fingerprint density at radius 3 is 2.89 bits per heavy atom. The molecular formula is C15H19N3O. The van der Waals surface area contributed by atoms with Gasteiger partial charge in [0, 0.05) is 38.8 Å². The highest BCUT2D eigenvalue weighted by atomic mass is 16.5. The molecule has 3 rings (SSSR count). The third kappa shape index (κ3) is 2.63. The Morgan fingerprint density at radius 1 is 1.26 bits per heavy atom. The normalized spacial score (nSPS) is 18.6. The van der Waals surface area contributed by atoms with Crippen molar-refractivity contribution in [2.75, 3.05) is 33.3 Å². The molecule has 4 nitrogen and oxygen atoms in total. The van der Waals surface area contributed by atoms with Crippen molar-refractivity contribution >= 4 is 11.9 Å². The average molecular weight is 257 g/mol. The molecule has 0 amide bonds. The molecule has 19 heavy (non-hydrogen) atoms. The summed E-state index contributed by atoms with van der Waals surface area (Å²) in [5.74, 6) is 2.07. The summed E-state index contributed by atoms with van der Waals surface area (Å²) in [7, 11) is 1.71. The zero-order valence-corrected chi connectivity index (χ0v) is 11.2. The number of methoxy groups -OCH3 is 1. The van der Waals surface area contributed by atoms with Crippen LogP contribution in [-0.2, 0) is 6.42 Å². The van der Waals surface area contributed by atoms with Crippen molar-refractivity contribution < 1.29 is 4.74 Å². The number of hydrogen-bond donors (Lipinski definition) is 1. The van der Waals surface area contributed by atoms with Gasteiger partial charge in [-0.15, -0.1) is 0 Å². The standard InChI is InChI=1S/C15H19N3O/c1-19-14-3-2-12-4-5-17-15(11-13(12)10-14)18-8-6-16-7-9-18/h2-5,10,16H,6-9,11H2,1H3. The minimum absolute atomic E-state index is 0.875. The quantitative estimate of drug-likeness (QED) is 0.829. The van der Waals surface area contributed by atoms with E-state index in [4.69, 9.17) is 4.74 Å². The van der Waals surface area contributed by atoms with E-state index >= 15 is 0 Å². The van der Waals surface area contributed by atoms with Crippen LogP contribution in [0.5, 0.6) is 5.75 Å². The second-order valence-corrected chi connectivity index (χ2v) is 4.84. The maximum absolute atomic E-state index is 5.31. The zero-order valence-electron chi connectivity index (χ0n) is 11.2. The van der Waals surface area contributed by atoms with Crippen LogP contribution in [0, 0.1) is 0 Å². The lowest BCUT2D eigenvalue weighted by atomic mass is 10.0. The van der Waals surface area contributed by atoms with Gasteiger partial charge in [-0.05, 0) is 29.3 Å². The molecule has 0 bridgehead atoms. The molecule has 0 aromatic heterocycles. The topological polar surface area (TPSA) is 36.9 Å². The van der Waals surface area contributed by atoms with Crippen molar-refractivity contribution in [3.05, 3.63) is 35.5 Å². The van der Waals surface area contributed by atoms with Gasteiger partial charge in [0.05, 0.1) is 7.11 Å². The maximum Gasteiger partial charge on any atom is 0.119 e. The summed E-state index contributed by atoms with van der Waals surface area (Å²) < 4.78 is 5.31. The summed E-state index contributed by atoms with van der Waals surface area (Å²) in [6.45, 7) is 4.14. The molecule has 0 aliphatic carbocycles. The largest absolute Gasteiger partial charge is 0.497 e. The van der Waals surface area contributed by atoms with E-state index < -0.39 is 0 Å². The fourth-order valence-corrected chi connectivity index (χ4v) is 2.56. The van der Waals surface area contributed by atoms with Gasteiger partial charge >= 0.3 is 0 Å². The molecule has 2 heterocycles. The Bertz CT molecular complexity index is 516. The Hall–Kier alpha value is -1.81. The summed E-state index contributed by atoms with van der Waals surface area (Å²) >= 11 is 0. The van der Waals surface area contributed by atoms with Gasteiger partial charge in [0.15, 0.2) is 0 Å². The van der Waals surface area contributed by atoms with E-state index in [0.29, 0.717) is 0 Å². The molecule has 0 unspecified atom stereocenters. The number of fused-ring (bicyclic) bond motifs is 1. The van der Waals surface area contributed by atoms with Crippen LogP contribution in [0.4, 0.5) is 0 Å². The molecule has 1 fully saturated rings. The van der Waals surface area contributed by atoms with Gasteiger partial charge in [-0.2, -0.15) is 0 Å². The van der Waals surface area contributed by atoms with Crippen LogP contribution in [0.2, 0.25) is 0 Å². The second kappa shape index (κ2) is 5.45. The van der Waals surface area contributed by atoms with Crippen molar-refractivity contribution in [2.24, 2.45) is 4.99 Å². The molecule has 1 aromatic carbocycles. The highest BCUT2D eigenvalue weighted by molar-refractivity contribution is 5.87. The molecular weight excluding hydrogens is 238 g/mol. The molecule has 1 saturated heterocycles. The van der Waals surface area contributed by atoms with Crippen LogP contribution in [0.1, 0.15) is 11.1 Å². The van der Waals surface area contributed by atoms with Crippen molar-refractivity contribution in [3.8, 4) is 5.75 Å². The van der Waals surface area contributed by atoms with Crippen molar-refractivity contribution in [1.29, 1.82) is 0 Å². The monoisotopic (exact) mass is 257 g/mol. The number of aliphatic imine (C=N–C) groups is 1. The molecule has 2 aliphatic rings. The molecule has 0 spiro atoms. The average Bonchev–Trinajstić information content (AvgIpc) is 2.69. The third-order valence-corrected chi connectivity index (χ3v) is 3.66. The van der Waals surface area contributed by atoms with Crippen molar-refractivity contribution in [3.63, 3.8) is 0 Å². The van der Waals surface area contributed by atoms with E-state index in [1.807, 2.05) is 12.3 Å². The Kier molecular flexibility index (Phi) is 3.51. The molecule has 0 atom stereocenters. The minimum Gasteiger partial charge on any atom is -0.497 e. The van der Waals surface area contributed by atoms with Crippen LogP contribution in [0.3, 0.4) is 0 Å². The van der Waals surface area contributed by atoms with Crippen LogP contribution in [0.25, 0.3) is 6.08 Å². The smallest absolute Gasteiger partial charge is 0.119 e. The van der Waals surface area contributed by atoms with Gasteiger partial charge in [0.1, 0.15) is 11.6 Å². The van der Waals surface area contributed by atoms with Crippen LogP contribution >= 0.6 is 0 Å². The second-order valence-electron chi connectivity index (χ2n) is 4.84. The van der Waals surface area contributed by atoms with E-state index in [2.05, 4.69) is 33.4 Å². The van der Waals surface area contributed by atoms with E-state index in [1.165, 1.54) is 11.1 Å². The molecule has 4 heteroatoms. The molecule has 0 saturated carbocycles. The van der Waals surface area contributed by atoms with E-state index in [0.717, 1.165) is 44.2 Å². The fraction of sp³-hybridized carbons (Fsp3) is 0.400. The lowest BCUT2D eigenvalue weighted by molar-refractivity contribution is 0.353. The lowest BCUT2D eigenvalue weighted by Crippen LogP contribution is -2.47. The predicted octanol–water partition coefficient (Wildman–Crippen LogP) is 1.53. The first-order valence-corrected chi connectivity index (χ1v) is 6.72. The van der Waals surface area contributed by atoms with Crippen molar-refractivity contribution in [2.45, 2.75) is 6.42 Å². The number of benzene rings is 1. The Balaban J connectivity index is 1.86. The first kappa shape index (κ1) is 12.2. The van der Waals surface area contributed by atoms with E-state index in [-0.39, 0.29) is 0 Å². The minimum atomic E-state index is 0.875. The highest BCUT2D eigenvalue weighted by Gasteiger charge is 2.17. The van der Waals surface area contributed by atoms with Crippen LogP contribution in [-0.4, -0.2) is 44.0 Å². The fourth-order valence-electron chi connectivity index (χ4n) is 2.56. The molecule has 0 radical (unpaired) electrons. The van der Waals surface area contributed by atoms with E-state index in [1.54, 1.807) is 7.11 Å². The summed E-state index contributed by atoms with van der Waals surface area (Å²) in [5, 5.41) is 3.37.